The van der Waals surface area contributed by atoms with E-state index in [1.807, 2.05) is 12.1 Å². The summed E-state index contributed by atoms with van der Waals surface area (Å²) in [5, 5.41) is 9.10. The Bertz CT molecular complexity index is 916. The molecule has 1 atom stereocenters. The van der Waals surface area contributed by atoms with Crippen molar-refractivity contribution < 1.29 is 9.90 Å². The smallest absolute Gasteiger partial charge is 0.335 e. The van der Waals surface area contributed by atoms with Gasteiger partial charge >= 0.3 is 5.97 Å². The van der Waals surface area contributed by atoms with Gasteiger partial charge in [0.25, 0.3) is 0 Å². The lowest BCUT2D eigenvalue weighted by Crippen LogP contribution is -2.34. The minimum Gasteiger partial charge on any atom is -0.478 e. The highest BCUT2D eigenvalue weighted by Crippen LogP contribution is 2.46. The largest absolute Gasteiger partial charge is 0.478 e. The number of carboxylic acids is 1. The normalized spacial score (nSPS) is 18.2. The third kappa shape index (κ3) is 4.86. The standard InChI is InChI=1S/C28H36O2/c1-6-7-8-21(12-9-20-10-13-22(14-11-20)26(29)30)23-15-16-24-25(19-23)28(4,5)18-17-27(24,2)3/h9-16,19,21H,6-8,17-18H2,1-5H3,(H,29,30)/b12-9+. The summed E-state index contributed by atoms with van der Waals surface area (Å²) in [6, 6.07) is 14.3. The van der Waals surface area contributed by atoms with Crippen molar-refractivity contribution in [2.75, 3.05) is 0 Å². The van der Waals surface area contributed by atoms with Crippen molar-refractivity contribution >= 4 is 12.0 Å². The van der Waals surface area contributed by atoms with Crippen molar-refractivity contribution in [3.05, 3.63) is 76.4 Å². The van der Waals surface area contributed by atoms with Gasteiger partial charge in [-0.15, -0.1) is 0 Å². The van der Waals surface area contributed by atoms with E-state index in [0.29, 0.717) is 11.5 Å². The van der Waals surface area contributed by atoms with Crippen molar-refractivity contribution in [2.45, 2.75) is 83.5 Å². The van der Waals surface area contributed by atoms with Crippen LogP contribution in [0.15, 0.2) is 48.5 Å². The first-order valence-corrected chi connectivity index (χ1v) is 11.3. The van der Waals surface area contributed by atoms with Gasteiger partial charge in [0, 0.05) is 5.92 Å². The molecular formula is C28H36O2. The lowest BCUT2D eigenvalue weighted by molar-refractivity contribution is 0.0697. The number of aromatic carboxylic acids is 1. The zero-order valence-corrected chi connectivity index (χ0v) is 19.2. The van der Waals surface area contributed by atoms with Crippen LogP contribution in [0.1, 0.15) is 105 Å². The van der Waals surface area contributed by atoms with Crippen LogP contribution in [0, 0.1) is 0 Å². The van der Waals surface area contributed by atoms with Crippen LogP contribution in [0.4, 0.5) is 0 Å². The minimum atomic E-state index is -0.883. The van der Waals surface area contributed by atoms with Crippen LogP contribution >= 0.6 is 0 Å². The molecule has 2 nitrogen and oxygen atoms in total. The monoisotopic (exact) mass is 404 g/mol. The van der Waals surface area contributed by atoms with Gasteiger partial charge in [-0.2, -0.15) is 0 Å². The molecule has 1 aliphatic carbocycles. The van der Waals surface area contributed by atoms with Gasteiger partial charge in [0.2, 0.25) is 0 Å². The Labute approximate surface area is 182 Å². The summed E-state index contributed by atoms with van der Waals surface area (Å²) in [5.74, 6) is -0.513. The second kappa shape index (κ2) is 8.79. The van der Waals surface area contributed by atoms with Crippen LogP contribution in [-0.2, 0) is 10.8 Å². The highest BCUT2D eigenvalue weighted by Gasteiger charge is 2.37. The summed E-state index contributed by atoms with van der Waals surface area (Å²) >= 11 is 0. The first kappa shape index (κ1) is 22.3. The van der Waals surface area contributed by atoms with Crippen LogP contribution in [0.3, 0.4) is 0 Å². The average molecular weight is 405 g/mol. The summed E-state index contributed by atoms with van der Waals surface area (Å²) in [6.07, 6.45) is 10.4. The van der Waals surface area contributed by atoms with E-state index < -0.39 is 5.97 Å². The van der Waals surface area contributed by atoms with Crippen LogP contribution in [-0.4, -0.2) is 11.1 Å². The van der Waals surface area contributed by atoms with Gasteiger partial charge in [0.15, 0.2) is 0 Å². The van der Waals surface area contributed by atoms with Gasteiger partial charge in [-0.1, -0.05) is 89.9 Å². The minimum absolute atomic E-state index is 0.215. The molecule has 1 aliphatic rings. The molecule has 1 N–H and O–H groups in total. The third-order valence-electron chi connectivity index (χ3n) is 6.85. The fourth-order valence-corrected chi connectivity index (χ4v) is 4.60. The molecule has 2 aromatic rings. The Morgan fingerprint density at radius 1 is 1.00 bits per heavy atom. The van der Waals surface area contributed by atoms with Crippen LogP contribution in [0.2, 0.25) is 0 Å². The van der Waals surface area contributed by atoms with Gasteiger partial charge in [-0.05, 0) is 64.5 Å². The lowest BCUT2D eigenvalue weighted by atomic mass is 9.62. The van der Waals surface area contributed by atoms with Crippen LogP contribution in [0.5, 0.6) is 0 Å². The number of fused-ring (bicyclic) bond motifs is 1. The molecule has 0 saturated carbocycles. The highest BCUT2D eigenvalue weighted by atomic mass is 16.4. The molecule has 0 spiro atoms. The van der Waals surface area contributed by atoms with Gasteiger partial charge in [-0.3, -0.25) is 0 Å². The Kier molecular flexibility index (Phi) is 6.55. The summed E-state index contributed by atoms with van der Waals surface area (Å²) in [6.45, 7) is 11.7. The summed E-state index contributed by atoms with van der Waals surface area (Å²) in [5.41, 5.74) is 6.24. The average Bonchev–Trinajstić information content (AvgIpc) is 2.72. The Morgan fingerprint density at radius 3 is 2.23 bits per heavy atom. The van der Waals surface area contributed by atoms with E-state index in [1.54, 1.807) is 12.1 Å². The third-order valence-corrected chi connectivity index (χ3v) is 6.85. The quantitative estimate of drug-likeness (QED) is 0.513. The molecule has 2 aromatic carbocycles. The number of carbonyl (C=O) groups is 1. The molecule has 0 aromatic heterocycles. The Hall–Kier alpha value is -2.35. The van der Waals surface area contributed by atoms with E-state index in [2.05, 4.69) is 65.0 Å². The zero-order valence-electron chi connectivity index (χ0n) is 19.2. The molecule has 0 fully saturated rings. The molecule has 160 valence electrons. The van der Waals surface area contributed by atoms with Crippen molar-refractivity contribution in [2.24, 2.45) is 0 Å². The fraction of sp³-hybridized carbons (Fsp3) is 0.464. The SMILES string of the molecule is CCCCC(/C=C/c1ccc(C(=O)O)cc1)c1ccc2c(c1)C(C)(C)CCC2(C)C. The van der Waals surface area contributed by atoms with Gasteiger partial charge < -0.3 is 5.11 Å². The number of carboxylic acid groups (broad SMARTS) is 1. The van der Waals surface area contributed by atoms with Crippen molar-refractivity contribution in [1.29, 1.82) is 0 Å². The van der Waals surface area contributed by atoms with Crippen LogP contribution in [0.25, 0.3) is 6.08 Å². The van der Waals surface area contributed by atoms with Crippen molar-refractivity contribution in [3.63, 3.8) is 0 Å². The lowest BCUT2D eigenvalue weighted by Gasteiger charge is -2.42. The molecule has 30 heavy (non-hydrogen) atoms. The van der Waals surface area contributed by atoms with Gasteiger partial charge in [0.1, 0.15) is 0 Å². The topological polar surface area (TPSA) is 37.3 Å². The molecule has 0 bridgehead atoms. The number of hydrogen-bond donors (Lipinski definition) is 1. The first-order chi connectivity index (χ1) is 14.1. The maximum atomic E-state index is 11.1. The Morgan fingerprint density at radius 2 is 1.63 bits per heavy atom. The summed E-state index contributed by atoms with van der Waals surface area (Å²) < 4.78 is 0. The van der Waals surface area contributed by atoms with Gasteiger partial charge in [0.05, 0.1) is 5.56 Å². The Balaban J connectivity index is 1.93. The number of unbranched alkanes of at least 4 members (excludes halogenated alkanes) is 1. The molecule has 2 heteroatoms. The summed E-state index contributed by atoms with van der Waals surface area (Å²) in [7, 11) is 0. The van der Waals surface area contributed by atoms with E-state index in [9.17, 15) is 4.79 Å². The second-order valence-electron chi connectivity index (χ2n) is 10.1. The molecule has 0 aliphatic heterocycles. The van der Waals surface area contributed by atoms with E-state index in [1.165, 1.54) is 42.4 Å². The number of allylic oxidation sites excluding steroid dienone is 1. The molecule has 0 heterocycles. The second-order valence-corrected chi connectivity index (χ2v) is 10.1. The molecule has 0 saturated heterocycles. The maximum absolute atomic E-state index is 11.1. The summed E-state index contributed by atoms with van der Waals surface area (Å²) in [4.78, 5) is 11.1. The number of hydrogen-bond acceptors (Lipinski definition) is 1. The van der Waals surface area contributed by atoms with E-state index in [4.69, 9.17) is 5.11 Å². The molecule has 0 radical (unpaired) electrons. The predicted octanol–water partition coefficient (Wildman–Crippen LogP) is 7.72. The van der Waals surface area contributed by atoms with E-state index >= 15 is 0 Å². The van der Waals surface area contributed by atoms with Gasteiger partial charge in [-0.25, -0.2) is 4.79 Å². The molecule has 3 rings (SSSR count). The first-order valence-electron chi connectivity index (χ1n) is 11.3. The molecule has 0 amide bonds. The maximum Gasteiger partial charge on any atom is 0.335 e. The van der Waals surface area contributed by atoms with Crippen molar-refractivity contribution in [3.8, 4) is 0 Å². The zero-order chi connectivity index (χ0) is 21.9. The fourth-order valence-electron chi connectivity index (χ4n) is 4.60. The highest BCUT2D eigenvalue weighted by molar-refractivity contribution is 5.87. The van der Waals surface area contributed by atoms with Crippen LogP contribution < -0.4 is 0 Å². The van der Waals surface area contributed by atoms with E-state index in [-0.39, 0.29) is 10.8 Å². The number of benzene rings is 2. The number of rotatable bonds is 7. The molecule has 1 unspecified atom stereocenters. The molecular weight excluding hydrogens is 368 g/mol. The predicted molar refractivity (Wildman–Crippen MR) is 126 cm³/mol. The van der Waals surface area contributed by atoms with E-state index in [0.717, 1.165) is 12.0 Å². The van der Waals surface area contributed by atoms with Crippen molar-refractivity contribution in [1.82, 2.24) is 0 Å².